The average Bonchev–Trinajstić information content (AvgIpc) is 2.78. The molecule has 0 aliphatic carbocycles. The number of hydrogen-bond donors (Lipinski definition) is 3. The lowest BCUT2D eigenvalue weighted by atomic mass is 10.1. The molecule has 1 heterocycles. The van der Waals surface area contributed by atoms with Gasteiger partial charge in [-0.25, -0.2) is 23.1 Å². The number of sulfonamides is 1. The number of amides is 1. The molecule has 1 amide bonds. The normalized spacial score (nSPS) is 12.6. The Bertz CT molecular complexity index is 1250. The minimum absolute atomic E-state index is 0.300. The van der Waals surface area contributed by atoms with Crippen LogP contribution in [-0.4, -0.2) is 42.3 Å². The van der Waals surface area contributed by atoms with Crippen LogP contribution in [0, 0.1) is 0 Å². The molecule has 0 spiro atoms. The number of aromatic nitrogens is 2. The van der Waals surface area contributed by atoms with Crippen LogP contribution in [0.25, 0.3) is 0 Å². The molecule has 0 bridgehead atoms. The lowest BCUT2D eigenvalue weighted by Gasteiger charge is -2.39. The van der Waals surface area contributed by atoms with Crippen LogP contribution in [0.2, 0.25) is 0 Å². The van der Waals surface area contributed by atoms with Crippen molar-refractivity contribution in [2.75, 3.05) is 10.0 Å². The summed E-state index contributed by atoms with van der Waals surface area (Å²) >= 11 is 0. The number of benzene rings is 2. The summed E-state index contributed by atoms with van der Waals surface area (Å²) in [6.45, 7) is 0. The van der Waals surface area contributed by atoms with Gasteiger partial charge in [-0.3, -0.25) is 4.79 Å². The van der Waals surface area contributed by atoms with E-state index >= 15 is 0 Å². The molecule has 3 aromatic rings. The highest BCUT2D eigenvalue weighted by Gasteiger charge is 2.72. The molecule has 0 aliphatic rings. The second kappa shape index (κ2) is 9.40. The third kappa shape index (κ3) is 5.62. The van der Waals surface area contributed by atoms with Gasteiger partial charge in [-0.15, -0.1) is 0 Å². The Morgan fingerprint density at radius 1 is 0.771 bits per heavy atom. The second-order valence-corrected chi connectivity index (χ2v) is 8.58. The smallest absolute Gasteiger partial charge is 0.348 e. The fraction of sp³-hybridized carbons (Fsp3) is 0.150. The third-order valence-electron chi connectivity index (χ3n) is 4.48. The molecular formula is C20H15F6N5O3S. The van der Waals surface area contributed by atoms with E-state index in [9.17, 15) is 39.6 Å². The van der Waals surface area contributed by atoms with E-state index in [0.717, 1.165) is 29.6 Å². The van der Waals surface area contributed by atoms with Gasteiger partial charge < -0.3 is 10.6 Å². The van der Waals surface area contributed by atoms with Crippen molar-refractivity contribution in [1.29, 1.82) is 0 Å². The van der Waals surface area contributed by atoms with Crippen molar-refractivity contribution in [3.63, 3.8) is 0 Å². The fourth-order valence-electron chi connectivity index (χ4n) is 2.77. The number of anilines is 2. The summed E-state index contributed by atoms with van der Waals surface area (Å²) in [5, 5.41) is 2.29. The Hall–Kier alpha value is -3.88. The molecule has 8 nitrogen and oxygen atoms in total. The first-order valence-corrected chi connectivity index (χ1v) is 10.9. The Morgan fingerprint density at radius 2 is 1.31 bits per heavy atom. The van der Waals surface area contributed by atoms with E-state index in [0.29, 0.717) is 12.1 Å². The molecule has 15 heteroatoms. The summed E-state index contributed by atoms with van der Waals surface area (Å²) in [5.41, 5.74) is -6.10. The average molecular weight is 519 g/mol. The predicted molar refractivity (Wildman–Crippen MR) is 112 cm³/mol. The number of carbonyl (C=O) groups excluding carboxylic acids is 1. The molecule has 0 atom stereocenters. The van der Waals surface area contributed by atoms with Gasteiger partial charge in [-0.05, 0) is 42.5 Å². The van der Waals surface area contributed by atoms with Gasteiger partial charge in [0, 0.05) is 23.6 Å². The van der Waals surface area contributed by atoms with Crippen LogP contribution in [0.4, 0.5) is 38.0 Å². The van der Waals surface area contributed by atoms with Gasteiger partial charge in [-0.1, -0.05) is 18.2 Å². The maximum absolute atomic E-state index is 13.8. The number of nitrogens with zero attached hydrogens (tertiary/aromatic N) is 2. The number of carbonyl (C=O) groups is 1. The summed E-state index contributed by atoms with van der Waals surface area (Å²) in [5.74, 6) is -1.94. The van der Waals surface area contributed by atoms with Crippen molar-refractivity contribution in [3.05, 3.63) is 78.6 Å². The summed E-state index contributed by atoms with van der Waals surface area (Å²) in [6.07, 6.45) is -9.61. The fourth-order valence-corrected chi connectivity index (χ4v) is 3.73. The Kier molecular flexibility index (Phi) is 6.91. The zero-order valence-electron chi connectivity index (χ0n) is 17.2. The Balaban J connectivity index is 1.93. The van der Waals surface area contributed by atoms with Crippen molar-refractivity contribution in [2.24, 2.45) is 0 Å². The zero-order valence-corrected chi connectivity index (χ0v) is 18.0. The van der Waals surface area contributed by atoms with Crippen LogP contribution >= 0.6 is 0 Å². The standard InChI is InChI=1S/C20H15F6N5O3S/c21-19(22,23)18(20(24,25)26,30-16(32)13-5-2-1-3-6-13)29-14-7-9-15(10-8-14)35(33,34)31-17-27-11-4-12-28-17/h1-12,29H,(H,30,32)(H,27,28,31). The first-order chi connectivity index (χ1) is 16.3. The highest BCUT2D eigenvalue weighted by Crippen LogP contribution is 2.43. The number of rotatable bonds is 7. The zero-order chi connectivity index (χ0) is 25.9. The van der Waals surface area contributed by atoms with E-state index < -0.39 is 50.1 Å². The first kappa shape index (κ1) is 25.7. The molecule has 1 aromatic heterocycles. The molecule has 0 aliphatic heterocycles. The van der Waals surface area contributed by atoms with E-state index in [2.05, 4.69) is 9.97 Å². The molecule has 35 heavy (non-hydrogen) atoms. The topological polar surface area (TPSA) is 113 Å². The molecule has 0 radical (unpaired) electrons. The van der Waals surface area contributed by atoms with Gasteiger partial charge in [0.25, 0.3) is 15.9 Å². The van der Waals surface area contributed by atoms with Crippen LogP contribution in [0.15, 0.2) is 78.0 Å². The number of alkyl halides is 6. The van der Waals surface area contributed by atoms with Crippen LogP contribution in [-0.2, 0) is 10.0 Å². The van der Waals surface area contributed by atoms with E-state index in [1.54, 1.807) is 0 Å². The molecule has 0 unspecified atom stereocenters. The lowest BCUT2D eigenvalue weighted by Crippen LogP contribution is -2.72. The summed E-state index contributed by atoms with van der Waals surface area (Å²) < 4.78 is 110. The second-order valence-electron chi connectivity index (χ2n) is 6.89. The van der Waals surface area contributed by atoms with Crippen LogP contribution < -0.4 is 15.4 Å². The summed E-state index contributed by atoms with van der Waals surface area (Å²) in [4.78, 5) is 19.1. The highest BCUT2D eigenvalue weighted by molar-refractivity contribution is 7.92. The maximum Gasteiger partial charge on any atom is 0.439 e. The van der Waals surface area contributed by atoms with Crippen molar-refractivity contribution in [1.82, 2.24) is 15.3 Å². The SMILES string of the molecule is O=C(NC(Nc1ccc(S(=O)(=O)Nc2ncccn2)cc1)(C(F)(F)F)C(F)(F)F)c1ccccc1. The quantitative estimate of drug-likeness (QED) is 0.322. The van der Waals surface area contributed by atoms with Crippen LogP contribution in [0.3, 0.4) is 0 Å². The molecule has 3 N–H and O–H groups in total. The first-order valence-electron chi connectivity index (χ1n) is 9.44. The van der Waals surface area contributed by atoms with Gasteiger partial charge in [0.1, 0.15) is 0 Å². The van der Waals surface area contributed by atoms with Crippen molar-refractivity contribution in [2.45, 2.75) is 22.9 Å². The summed E-state index contributed by atoms with van der Waals surface area (Å²) in [6, 6.07) is 10.3. The summed E-state index contributed by atoms with van der Waals surface area (Å²) in [7, 11) is -4.30. The molecular weight excluding hydrogens is 504 g/mol. The van der Waals surface area contributed by atoms with E-state index in [1.807, 2.05) is 4.72 Å². The molecule has 0 fully saturated rings. The van der Waals surface area contributed by atoms with Gasteiger partial charge in [0.15, 0.2) is 0 Å². The lowest BCUT2D eigenvalue weighted by molar-refractivity contribution is -0.294. The molecule has 0 saturated carbocycles. The molecule has 2 aromatic carbocycles. The Labute approximate surface area is 194 Å². The minimum Gasteiger partial charge on any atom is -0.348 e. The van der Waals surface area contributed by atoms with Gasteiger partial charge in [0.05, 0.1) is 4.90 Å². The minimum atomic E-state index is -6.05. The van der Waals surface area contributed by atoms with Crippen LogP contribution in [0.5, 0.6) is 0 Å². The monoisotopic (exact) mass is 519 g/mol. The molecule has 186 valence electrons. The Morgan fingerprint density at radius 3 is 1.83 bits per heavy atom. The highest BCUT2D eigenvalue weighted by atomic mass is 32.2. The van der Waals surface area contributed by atoms with E-state index in [1.165, 1.54) is 42.0 Å². The van der Waals surface area contributed by atoms with Crippen LogP contribution in [0.1, 0.15) is 10.4 Å². The third-order valence-corrected chi connectivity index (χ3v) is 5.82. The molecule has 3 rings (SSSR count). The predicted octanol–water partition coefficient (Wildman–Crippen LogP) is 3.94. The van der Waals surface area contributed by atoms with E-state index in [-0.39, 0.29) is 5.95 Å². The number of hydrogen-bond acceptors (Lipinski definition) is 6. The number of halogens is 6. The van der Waals surface area contributed by atoms with Crippen molar-refractivity contribution < 1.29 is 39.6 Å². The number of nitrogens with one attached hydrogen (secondary N) is 3. The van der Waals surface area contributed by atoms with Gasteiger partial charge in [0.2, 0.25) is 5.95 Å². The van der Waals surface area contributed by atoms with Crippen molar-refractivity contribution >= 4 is 27.6 Å². The molecule has 0 saturated heterocycles. The van der Waals surface area contributed by atoms with Gasteiger partial charge in [-0.2, -0.15) is 26.3 Å². The maximum atomic E-state index is 13.8. The largest absolute Gasteiger partial charge is 0.439 e. The van der Waals surface area contributed by atoms with E-state index in [4.69, 9.17) is 0 Å². The van der Waals surface area contributed by atoms with Gasteiger partial charge >= 0.3 is 18.0 Å². The van der Waals surface area contributed by atoms with Crippen molar-refractivity contribution in [3.8, 4) is 0 Å².